The smallest absolute Gasteiger partial charge is 0.0332 e. The number of halogens is 1. The van der Waals surface area contributed by atoms with Crippen LogP contribution in [0.2, 0.25) is 0 Å². The third-order valence-electron chi connectivity index (χ3n) is 4.49. The Balaban J connectivity index is 2.05. The molecular weight excluding hydrogens is 320 g/mol. The van der Waals surface area contributed by atoms with Gasteiger partial charge in [0.25, 0.3) is 0 Å². The average molecular weight is 345 g/mol. The molecule has 1 heterocycles. The van der Waals surface area contributed by atoms with Crippen LogP contribution < -0.4 is 5.73 Å². The average Bonchev–Trinajstić information content (AvgIpc) is 2.75. The van der Waals surface area contributed by atoms with E-state index in [0.717, 1.165) is 13.1 Å². The summed E-state index contributed by atoms with van der Waals surface area (Å²) in [4.78, 5) is 3.93. The Kier molecular flexibility index (Phi) is 5.87. The highest BCUT2D eigenvalue weighted by atomic mass is 79.9. The predicted octanol–water partition coefficient (Wildman–Crippen LogP) is 4.38. The van der Waals surface area contributed by atoms with Crippen LogP contribution in [0.25, 0.3) is 0 Å². The molecule has 1 aliphatic carbocycles. The summed E-state index contributed by atoms with van der Waals surface area (Å²) in [6.45, 7) is 1.81. The number of rotatable bonds is 4. The van der Waals surface area contributed by atoms with Gasteiger partial charge in [0.1, 0.15) is 0 Å². The second-order valence-corrected chi connectivity index (χ2v) is 7.69. The Labute approximate surface area is 129 Å². The third-order valence-corrected chi connectivity index (χ3v) is 6.17. The molecule has 1 saturated carbocycles. The second kappa shape index (κ2) is 7.21. The molecule has 2 rings (SSSR count). The summed E-state index contributed by atoms with van der Waals surface area (Å²) in [5.41, 5.74) is 6.39. The fourth-order valence-electron chi connectivity index (χ4n) is 3.14. The van der Waals surface area contributed by atoms with E-state index in [-0.39, 0.29) is 5.54 Å². The lowest BCUT2D eigenvalue weighted by molar-refractivity contribution is 0.0875. The molecule has 2 nitrogen and oxygen atoms in total. The summed E-state index contributed by atoms with van der Waals surface area (Å²) in [7, 11) is 2.25. The zero-order valence-corrected chi connectivity index (χ0v) is 14.2. The molecule has 1 fully saturated rings. The maximum atomic E-state index is 6.17. The largest absolute Gasteiger partial charge is 0.329 e. The van der Waals surface area contributed by atoms with Crippen molar-refractivity contribution in [3.8, 4) is 0 Å². The summed E-state index contributed by atoms with van der Waals surface area (Å²) >= 11 is 5.37. The molecule has 108 valence electrons. The van der Waals surface area contributed by atoms with E-state index in [4.69, 9.17) is 5.73 Å². The van der Waals surface area contributed by atoms with Crippen LogP contribution in [0.3, 0.4) is 0 Å². The van der Waals surface area contributed by atoms with E-state index in [0.29, 0.717) is 0 Å². The summed E-state index contributed by atoms with van der Waals surface area (Å²) in [6.07, 6.45) is 9.33. The first-order valence-corrected chi connectivity index (χ1v) is 8.98. The van der Waals surface area contributed by atoms with E-state index in [1.807, 2.05) is 11.3 Å². The van der Waals surface area contributed by atoms with Crippen molar-refractivity contribution < 1.29 is 0 Å². The van der Waals surface area contributed by atoms with Crippen molar-refractivity contribution in [3.63, 3.8) is 0 Å². The molecule has 0 atom stereocenters. The van der Waals surface area contributed by atoms with Gasteiger partial charge in [-0.3, -0.25) is 4.90 Å². The van der Waals surface area contributed by atoms with Crippen LogP contribution in [0.4, 0.5) is 0 Å². The summed E-state index contributed by atoms with van der Waals surface area (Å²) in [6, 6.07) is 2.23. The minimum absolute atomic E-state index is 0.219. The molecule has 1 aromatic heterocycles. The monoisotopic (exact) mass is 344 g/mol. The van der Waals surface area contributed by atoms with Crippen LogP contribution in [-0.4, -0.2) is 24.0 Å². The van der Waals surface area contributed by atoms with Crippen molar-refractivity contribution in [2.45, 2.75) is 57.0 Å². The molecule has 4 heteroatoms. The van der Waals surface area contributed by atoms with Crippen LogP contribution in [0, 0.1) is 0 Å². The minimum atomic E-state index is 0.219. The molecule has 0 aromatic carbocycles. The fourth-order valence-corrected chi connectivity index (χ4v) is 4.65. The predicted molar refractivity (Wildman–Crippen MR) is 87.6 cm³/mol. The number of nitrogens with zero attached hydrogens (tertiary/aromatic N) is 1. The molecule has 0 unspecified atom stereocenters. The first-order valence-electron chi connectivity index (χ1n) is 7.30. The van der Waals surface area contributed by atoms with E-state index in [1.165, 1.54) is 54.3 Å². The molecule has 2 N–H and O–H groups in total. The maximum absolute atomic E-state index is 6.17. The van der Waals surface area contributed by atoms with Crippen LogP contribution in [0.15, 0.2) is 15.9 Å². The van der Waals surface area contributed by atoms with E-state index in [1.54, 1.807) is 0 Å². The quantitative estimate of drug-likeness (QED) is 0.877. The number of likely N-dealkylation sites (N-methyl/N-ethyl adjacent to an activating group) is 1. The van der Waals surface area contributed by atoms with Gasteiger partial charge in [0.2, 0.25) is 0 Å². The van der Waals surface area contributed by atoms with Crippen molar-refractivity contribution in [2.24, 2.45) is 5.73 Å². The second-order valence-electron chi connectivity index (χ2n) is 5.78. The first kappa shape index (κ1) is 15.5. The SMILES string of the molecule is CN(Cc1cc(Br)cs1)C1(CN)CCCCCCC1. The molecule has 1 aromatic rings. The van der Waals surface area contributed by atoms with Gasteiger partial charge in [-0.15, -0.1) is 11.3 Å². The minimum Gasteiger partial charge on any atom is -0.329 e. The van der Waals surface area contributed by atoms with E-state index in [2.05, 4.69) is 39.3 Å². The molecule has 19 heavy (non-hydrogen) atoms. The van der Waals surface area contributed by atoms with Gasteiger partial charge in [-0.1, -0.05) is 32.1 Å². The van der Waals surface area contributed by atoms with Gasteiger partial charge in [0.15, 0.2) is 0 Å². The van der Waals surface area contributed by atoms with Gasteiger partial charge in [-0.2, -0.15) is 0 Å². The van der Waals surface area contributed by atoms with Gasteiger partial charge in [-0.05, 0) is 41.9 Å². The van der Waals surface area contributed by atoms with Gasteiger partial charge in [-0.25, -0.2) is 0 Å². The summed E-state index contributed by atoms with van der Waals surface area (Å²) < 4.78 is 1.19. The van der Waals surface area contributed by atoms with Crippen molar-refractivity contribution >= 4 is 27.3 Å². The fraction of sp³-hybridized carbons (Fsp3) is 0.733. The molecule has 0 radical (unpaired) electrons. The maximum Gasteiger partial charge on any atom is 0.0332 e. The highest BCUT2D eigenvalue weighted by molar-refractivity contribution is 9.10. The molecule has 0 amide bonds. The molecule has 0 saturated heterocycles. The highest BCUT2D eigenvalue weighted by Crippen LogP contribution is 2.32. The Morgan fingerprint density at radius 2 is 1.89 bits per heavy atom. The third kappa shape index (κ3) is 4.03. The topological polar surface area (TPSA) is 29.3 Å². The Morgan fingerprint density at radius 1 is 1.26 bits per heavy atom. The normalized spacial score (nSPS) is 20.2. The van der Waals surface area contributed by atoms with Crippen molar-refractivity contribution in [1.82, 2.24) is 4.90 Å². The number of thiophene rings is 1. The van der Waals surface area contributed by atoms with Crippen molar-refractivity contribution in [2.75, 3.05) is 13.6 Å². The zero-order chi connectivity index (χ0) is 13.7. The van der Waals surface area contributed by atoms with E-state index in [9.17, 15) is 0 Å². The Bertz CT molecular complexity index is 383. The molecule has 0 aliphatic heterocycles. The summed E-state index contributed by atoms with van der Waals surface area (Å²) in [5.74, 6) is 0. The lowest BCUT2D eigenvalue weighted by Crippen LogP contribution is -2.51. The lowest BCUT2D eigenvalue weighted by atomic mass is 9.82. The zero-order valence-electron chi connectivity index (χ0n) is 11.8. The highest BCUT2D eigenvalue weighted by Gasteiger charge is 2.33. The Morgan fingerprint density at radius 3 is 2.42 bits per heavy atom. The van der Waals surface area contributed by atoms with Gasteiger partial charge < -0.3 is 5.73 Å². The lowest BCUT2D eigenvalue weighted by Gasteiger charge is -2.42. The van der Waals surface area contributed by atoms with Crippen molar-refractivity contribution in [1.29, 1.82) is 0 Å². The van der Waals surface area contributed by atoms with Gasteiger partial charge >= 0.3 is 0 Å². The standard InChI is InChI=1S/C15H25BrN2S/c1-18(10-14-9-13(16)11-19-14)15(12-17)7-5-3-2-4-6-8-15/h9,11H,2-8,10,12,17H2,1H3. The molecule has 0 bridgehead atoms. The van der Waals surface area contributed by atoms with Gasteiger partial charge in [0, 0.05) is 33.4 Å². The van der Waals surface area contributed by atoms with Crippen molar-refractivity contribution in [3.05, 3.63) is 20.8 Å². The summed E-state index contributed by atoms with van der Waals surface area (Å²) in [5, 5.41) is 2.16. The molecule has 0 spiro atoms. The first-order chi connectivity index (χ1) is 9.16. The van der Waals surface area contributed by atoms with Crippen LogP contribution in [0.5, 0.6) is 0 Å². The van der Waals surface area contributed by atoms with E-state index >= 15 is 0 Å². The van der Waals surface area contributed by atoms with E-state index < -0.39 is 0 Å². The van der Waals surface area contributed by atoms with Crippen LogP contribution >= 0.6 is 27.3 Å². The number of hydrogen-bond donors (Lipinski definition) is 1. The Hall–Kier alpha value is 0.1000. The van der Waals surface area contributed by atoms with Gasteiger partial charge in [0.05, 0.1) is 0 Å². The molecular formula is C15H25BrN2S. The number of hydrogen-bond acceptors (Lipinski definition) is 3. The van der Waals surface area contributed by atoms with Crippen LogP contribution in [-0.2, 0) is 6.54 Å². The number of nitrogens with two attached hydrogens (primary N) is 1. The molecule has 1 aliphatic rings. The van der Waals surface area contributed by atoms with Crippen LogP contribution in [0.1, 0.15) is 49.8 Å².